The van der Waals surface area contributed by atoms with E-state index in [1.54, 1.807) is 7.11 Å². The Balaban J connectivity index is 2.24. The highest BCUT2D eigenvalue weighted by molar-refractivity contribution is 4.81. The van der Waals surface area contributed by atoms with E-state index < -0.39 is 0 Å². The summed E-state index contributed by atoms with van der Waals surface area (Å²) >= 11 is 0. The van der Waals surface area contributed by atoms with Crippen molar-refractivity contribution in [2.75, 3.05) is 33.9 Å². The van der Waals surface area contributed by atoms with E-state index in [0.29, 0.717) is 18.2 Å². The average molecular weight is 272 g/mol. The van der Waals surface area contributed by atoms with Gasteiger partial charge in [-0.2, -0.15) is 0 Å². The fourth-order valence-corrected chi connectivity index (χ4v) is 2.35. The molecule has 1 rings (SSSR count). The van der Waals surface area contributed by atoms with Crippen molar-refractivity contribution < 1.29 is 9.47 Å². The topological polar surface area (TPSA) is 33.7 Å². The van der Waals surface area contributed by atoms with Gasteiger partial charge >= 0.3 is 0 Å². The molecule has 3 atom stereocenters. The van der Waals surface area contributed by atoms with E-state index in [9.17, 15) is 0 Å². The Morgan fingerprint density at radius 3 is 2.53 bits per heavy atom. The first-order chi connectivity index (χ1) is 8.81. The molecule has 1 aliphatic heterocycles. The zero-order valence-corrected chi connectivity index (χ0v) is 13.5. The molecule has 0 aromatic carbocycles. The lowest BCUT2D eigenvalue weighted by atomic mass is 10.1. The van der Waals surface area contributed by atoms with Crippen molar-refractivity contribution >= 4 is 0 Å². The van der Waals surface area contributed by atoms with E-state index in [-0.39, 0.29) is 5.54 Å². The molecule has 1 aliphatic rings. The van der Waals surface area contributed by atoms with Crippen LogP contribution in [-0.4, -0.2) is 62.5 Å². The zero-order valence-electron chi connectivity index (χ0n) is 13.5. The van der Waals surface area contributed by atoms with E-state index in [1.165, 1.54) is 12.8 Å². The van der Waals surface area contributed by atoms with Crippen molar-refractivity contribution in [1.82, 2.24) is 10.2 Å². The Morgan fingerprint density at radius 2 is 1.95 bits per heavy atom. The van der Waals surface area contributed by atoms with Gasteiger partial charge in [-0.1, -0.05) is 0 Å². The van der Waals surface area contributed by atoms with Crippen molar-refractivity contribution in [3.05, 3.63) is 0 Å². The fraction of sp³-hybridized carbons (Fsp3) is 1.00. The molecular weight excluding hydrogens is 240 g/mol. The van der Waals surface area contributed by atoms with Crippen LogP contribution in [0, 0.1) is 0 Å². The largest absolute Gasteiger partial charge is 0.383 e. The molecule has 4 nitrogen and oxygen atoms in total. The number of ether oxygens (including phenoxy) is 2. The van der Waals surface area contributed by atoms with Gasteiger partial charge in [0, 0.05) is 31.8 Å². The predicted octanol–water partition coefficient (Wildman–Crippen LogP) is 1.89. The van der Waals surface area contributed by atoms with Crippen LogP contribution in [0.25, 0.3) is 0 Å². The SMILES string of the molecule is COCC(C)N(C)CC1CCC(CNC(C)(C)C)O1. The third kappa shape index (κ3) is 6.70. The molecule has 114 valence electrons. The number of hydrogen-bond donors (Lipinski definition) is 1. The molecule has 0 saturated carbocycles. The minimum Gasteiger partial charge on any atom is -0.383 e. The van der Waals surface area contributed by atoms with E-state index >= 15 is 0 Å². The normalized spacial score (nSPS) is 26.1. The first-order valence-electron chi connectivity index (χ1n) is 7.41. The second-order valence-corrected chi connectivity index (χ2v) is 6.83. The molecule has 1 N–H and O–H groups in total. The summed E-state index contributed by atoms with van der Waals surface area (Å²) in [6.07, 6.45) is 3.08. The van der Waals surface area contributed by atoms with Crippen LogP contribution in [-0.2, 0) is 9.47 Å². The smallest absolute Gasteiger partial charge is 0.0707 e. The van der Waals surface area contributed by atoms with E-state index in [4.69, 9.17) is 9.47 Å². The summed E-state index contributed by atoms with van der Waals surface area (Å²) < 4.78 is 11.3. The number of likely N-dealkylation sites (N-methyl/N-ethyl adjacent to an activating group) is 1. The summed E-state index contributed by atoms with van der Waals surface area (Å²) in [6, 6.07) is 0.445. The third-order valence-corrected chi connectivity index (χ3v) is 3.71. The summed E-state index contributed by atoms with van der Waals surface area (Å²) in [5.41, 5.74) is 0.172. The van der Waals surface area contributed by atoms with Crippen molar-refractivity contribution in [3.8, 4) is 0 Å². The number of nitrogens with zero attached hydrogens (tertiary/aromatic N) is 1. The first kappa shape index (κ1) is 16.9. The molecule has 1 heterocycles. The molecule has 0 aliphatic carbocycles. The molecule has 0 spiro atoms. The van der Waals surface area contributed by atoms with Crippen LogP contribution >= 0.6 is 0 Å². The molecule has 0 bridgehead atoms. The molecule has 4 heteroatoms. The second kappa shape index (κ2) is 7.58. The van der Waals surface area contributed by atoms with Gasteiger partial charge in [0.15, 0.2) is 0 Å². The van der Waals surface area contributed by atoms with Gasteiger partial charge in [0.05, 0.1) is 18.8 Å². The van der Waals surface area contributed by atoms with Crippen LogP contribution in [0.1, 0.15) is 40.5 Å². The Bertz CT molecular complexity index is 253. The van der Waals surface area contributed by atoms with Crippen LogP contribution in [0.5, 0.6) is 0 Å². The van der Waals surface area contributed by atoms with Gasteiger partial charge < -0.3 is 14.8 Å². The van der Waals surface area contributed by atoms with Gasteiger partial charge in [0.25, 0.3) is 0 Å². The Hall–Kier alpha value is -0.160. The molecule has 1 saturated heterocycles. The number of rotatable bonds is 7. The molecule has 0 aromatic rings. The predicted molar refractivity (Wildman–Crippen MR) is 79.6 cm³/mol. The molecule has 3 unspecified atom stereocenters. The van der Waals surface area contributed by atoms with Crippen LogP contribution < -0.4 is 5.32 Å². The summed E-state index contributed by atoms with van der Waals surface area (Å²) in [5.74, 6) is 0. The fourth-order valence-electron chi connectivity index (χ4n) is 2.35. The maximum atomic E-state index is 6.11. The lowest BCUT2D eigenvalue weighted by Crippen LogP contribution is -2.42. The van der Waals surface area contributed by atoms with E-state index in [0.717, 1.165) is 19.7 Å². The van der Waals surface area contributed by atoms with Gasteiger partial charge in [-0.05, 0) is 47.6 Å². The molecular formula is C15H32N2O2. The standard InChI is InChI=1S/C15H32N2O2/c1-12(11-18-6)17(5)10-14-8-7-13(19-14)9-16-15(2,3)4/h12-14,16H,7-11H2,1-6H3. The van der Waals surface area contributed by atoms with Crippen molar-refractivity contribution in [2.45, 2.75) is 64.3 Å². The summed E-state index contributed by atoms with van der Waals surface area (Å²) in [5, 5.41) is 3.52. The van der Waals surface area contributed by atoms with Crippen LogP contribution in [0.3, 0.4) is 0 Å². The maximum Gasteiger partial charge on any atom is 0.0707 e. The van der Waals surface area contributed by atoms with Crippen LogP contribution in [0.2, 0.25) is 0 Å². The number of hydrogen-bond acceptors (Lipinski definition) is 4. The van der Waals surface area contributed by atoms with Crippen LogP contribution in [0.15, 0.2) is 0 Å². The van der Waals surface area contributed by atoms with Gasteiger partial charge in [0.2, 0.25) is 0 Å². The van der Waals surface area contributed by atoms with E-state index in [1.807, 2.05) is 0 Å². The Labute approximate surface area is 118 Å². The van der Waals surface area contributed by atoms with Gasteiger partial charge in [-0.15, -0.1) is 0 Å². The monoisotopic (exact) mass is 272 g/mol. The van der Waals surface area contributed by atoms with Gasteiger partial charge in [-0.25, -0.2) is 0 Å². The average Bonchev–Trinajstić information content (AvgIpc) is 2.73. The lowest BCUT2D eigenvalue weighted by Gasteiger charge is -2.27. The number of nitrogens with one attached hydrogen (secondary N) is 1. The molecule has 0 amide bonds. The van der Waals surface area contributed by atoms with Gasteiger partial charge in [-0.3, -0.25) is 4.90 Å². The van der Waals surface area contributed by atoms with Crippen molar-refractivity contribution in [1.29, 1.82) is 0 Å². The quantitative estimate of drug-likeness (QED) is 0.767. The minimum absolute atomic E-state index is 0.172. The maximum absolute atomic E-state index is 6.11. The van der Waals surface area contributed by atoms with E-state index in [2.05, 4.69) is 45.0 Å². The molecule has 19 heavy (non-hydrogen) atoms. The second-order valence-electron chi connectivity index (χ2n) is 6.83. The highest BCUT2D eigenvalue weighted by Crippen LogP contribution is 2.21. The van der Waals surface area contributed by atoms with Crippen molar-refractivity contribution in [3.63, 3.8) is 0 Å². The van der Waals surface area contributed by atoms with Crippen molar-refractivity contribution in [2.24, 2.45) is 0 Å². The molecule has 1 fully saturated rings. The molecule has 0 aromatic heterocycles. The summed E-state index contributed by atoms with van der Waals surface area (Å²) in [4.78, 5) is 2.33. The number of methoxy groups -OCH3 is 1. The lowest BCUT2D eigenvalue weighted by molar-refractivity contribution is 0.0117. The summed E-state index contributed by atoms with van der Waals surface area (Å²) in [7, 11) is 3.90. The Morgan fingerprint density at radius 1 is 1.32 bits per heavy atom. The minimum atomic E-state index is 0.172. The van der Waals surface area contributed by atoms with Gasteiger partial charge in [0.1, 0.15) is 0 Å². The highest BCUT2D eigenvalue weighted by atomic mass is 16.5. The zero-order chi connectivity index (χ0) is 14.5. The first-order valence-corrected chi connectivity index (χ1v) is 7.41. The summed E-state index contributed by atoms with van der Waals surface area (Å²) in [6.45, 7) is 11.5. The van der Waals surface area contributed by atoms with Crippen LogP contribution in [0.4, 0.5) is 0 Å². The molecule has 0 radical (unpaired) electrons. The highest BCUT2D eigenvalue weighted by Gasteiger charge is 2.27. The Kier molecular flexibility index (Phi) is 6.74. The third-order valence-electron chi connectivity index (χ3n) is 3.71.